The zero-order valence-electron chi connectivity index (χ0n) is 7.06. The molecule has 0 aromatic carbocycles. The minimum Gasteiger partial charge on any atom is -0.426 e. The third-order valence-corrected chi connectivity index (χ3v) is 1.95. The van der Waals surface area contributed by atoms with Crippen LogP contribution in [0.4, 0.5) is 5.88 Å². The van der Waals surface area contributed by atoms with Crippen LogP contribution in [0.15, 0.2) is 10.8 Å². The van der Waals surface area contributed by atoms with Gasteiger partial charge in [0, 0.05) is 13.1 Å². The molecule has 1 aromatic heterocycles. The van der Waals surface area contributed by atoms with Gasteiger partial charge in [-0.3, -0.25) is 0 Å². The largest absolute Gasteiger partial charge is 0.426 e. The topological polar surface area (TPSA) is 62.3 Å². The molecule has 0 radical (unpaired) electrons. The Balaban J connectivity index is 2.19. The number of anilines is 1. The van der Waals surface area contributed by atoms with Crippen molar-refractivity contribution in [2.75, 3.05) is 31.2 Å². The maximum absolute atomic E-state index is 8.71. The summed E-state index contributed by atoms with van der Waals surface area (Å²) in [4.78, 5) is 5.77. The average Bonchev–Trinajstić information content (AvgIpc) is 2.67. The highest BCUT2D eigenvalue weighted by atomic mass is 16.5. The molecule has 5 nitrogen and oxygen atoms in total. The lowest BCUT2D eigenvalue weighted by Gasteiger charge is -2.25. The van der Waals surface area contributed by atoms with E-state index in [1.165, 1.54) is 6.39 Å². The van der Waals surface area contributed by atoms with Gasteiger partial charge in [-0.05, 0) is 0 Å². The van der Waals surface area contributed by atoms with E-state index in [-0.39, 0.29) is 0 Å². The summed E-state index contributed by atoms with van der Waals surface area (Å²) < 4.78 is 10.3. The molecule has 0 N–H and O–H groups in total. The molecule has 1 saturated heterocycles. The molecule has 0 unspecified atom stereocenters. The third kappa shape index (κ3) is 1.48. The molecule has 0 aliphatic carbocycles. The predicted octanol–water partition coefficient (Wildman–Crippen LogP) is 0.383. The molecule has 2 heterocycles. The first-order valence-electron chi connectivity index (χ1n) is 4.08. The van der Waals surface area contributed by atoms with Crippen LogP contribution >= 0.6 is 0 Å². The second-order valence-electron chi connectivity index (χ2n) is 2.72. The van der Waals surface area contributed by atoms with Gasteiger partial charge in [-0.2, -0.15) is 5.26 Å². The molecule has 1 fully saturated rings. The Morgan fingerprint density at radius 2 is 2.23 bits per heavy atom. The van der Waals surface area contributed by atoms with Crippen molar-refractivity contribution in [1.82, 2.24) is 4.98 Å². The molecule has 2 rings (SSSR count). The molecule has 5 heteroatoms. The van der Waals surface area contributed by atoms with Crippen LogP contribution in [-0.2, 0) is 4.74 Å². The smallest absolute Gasteiger partial charge is 0.234 e. The van der Waals surface area contributed by atoms with Crippen LogP contribution in [0.2, 0.25) is 0 Å². The summed E-state index contributed by atoms with van der Waals surface area (Å²) in [5.74, 6) is 0.561. The predicted molar refractivity (Wildman–Crippen MR) is 44.3 cm³/mol. The Labute approximate surface area is 75.5 Å². The minimum atomic E-state index is 0.349. The van der Waals surface area contributed by atoms with E-state index in [4.69, 9.17) is 14.4 Å². The summed E-state index contributed by atoms with van der Waals surface area (Å²) >= 11 is 0. The van der Waals surface area contributed by atoms with Crippen LogP contribution in [-0.4, -0.2) is 31.3 Å². The Morgan fingerprint density at radius 1 is 1.46 bits per heavy atom. The van der Waals surface area contributed by atoms with Gasteiger partial charge in [0.15, 0.2) is 6.39 Å². The maximum Gasteiger partial charge on any atom is 0.234 e. The van der Waals surface area contributed by atoms with Gasteiger partial charge in [0.2, 0.25) is 11.6 Å². The lowest BCUT2D eigenvalue weighted by atomic mass is 10.4. The van der Waals surface area contributed by atoms with Gasteiger partial charge >= 0.3 is 0 Å². The lowest BCUT2D eigenvalue weighted by molar-refractivity contribution is 0.120. The van der Waals surface area contributed by atoms with Gasteiger partial charge in [0.25, 0.3) is 0 Å². The van der Waals surface area contributed by atoms with Crippen LogP contribution in [0, 0.1) is 11.3 Å². The zero-order chi connectivity index (χ0) is 9.10. The van der Waals surface area contributed by atoms with Crippen LogP contribution < -0.4 is 4.90 Å². The van der Waals surface area contributed by atoms with Crippen molar-refractivity contribution in [1.29, 1.82) is 5.26 Å². The fraction of sp³-hybridized carbons (Fsp3) is 0.500. The molecule has 0 bridgehead atoms. The summed E-state index contributed by atoms with van der Waals surface area (Å²) in [7, 11) is 0. The highest BCUT2D eigenvalue weighted by Gasteiger charge is 2.18. The average molecular weight is 179 g/mol. The Hall–Kier alpha value is -1.54. The highest BCUT2D eigenvalue weighted by molar-refractivity contribution is 5.47. The van der Waals surface area contributed by atoms with Crippen molar-refractivity contribution in [2.24, 2.45) is 0 Å². The summed E-state index contributed by atoms with van der Waals surface area (Å²) in [5.41, 5.74) is 0.349. The van der Waals surface area contributed by atoms with Gasteiger partial charge in [0.1, 0.15) is 6.07 Å². The van der Waals surface area contributed by atoms with Crippen molar-refractivity contribution >= 4 is 5.88 Å². The Kier molecular flexibility index (Phi) is 2.15. The molecular formula is C8H9N3O2. The first-order valence-corrected chi connectivity index (χ1v) is 4.08. The van der Waals surface area contributed by atoms with Crippen molar-refractivity contribution in [3.05, 3.63) is 12.1 Å². The molecule has 1 aromatic rings. The Morgan fingerprint density at radius 3 is 2.92 bits per heavy atom. The number of hydrogen-bond acceptors (Lipinski definition) is 5. The zero-order valence-corrected chi connectivity index (χ0v) is 7.06. The summed E-state index contributed by atoms with van der Waals surface area (Å²) in [6.45, 7) is 2.85. The molecule has 68 valence electrons. The first kappa shape index (κ1) is 8.08. The monoisotopic (exact) mass is 179 g/mol. The van der Waals surface area contributed by atoms with E-state index >= 15 is 0 Å². The number of rotatable bonds is 1. The Bertz CT molecular complexity index is 322. The number of morpholine rings is 1. The second-order valence-corrected chi connectivity index (χ2v) is 2.72. The number of aromatic nitrogens is 1. The fourth-order valence-electron chi connectivity index (χ4n) is 1.31. The van der Waals surface area contributed by atoms with Gasteiger partial charge in [-0.1, -0.05) is 0 Å². The molecular weight excluding hydrogens is 170 g/mol. The van der Waals surface area contributed by atoms with Crippen molar-refractivity contribution < 1.29 is 9.15 Å². The highest BCUT2D eigenvalue weighted by Crippen LogP contribution is 2.19. The molecule has 0 spiro atoms. The van der Waals surface area contributed by atoms with Crippen LogP contribution in [0.3, 0.4) is 0 Å². The van der Waals surface area contributed by atoms with E-state index in [1.54, 1.807) is 0 Å². The fourth-order valence-corrected chi connectivity index (χ4v) is 1.31. The van der Waals surface area contributed by atoms with Gasteiger partial charge in [-0.15, -0.1) is 0 Å². The van der Waals surface area contributed by atoms with E-state index < -0.39 is 0 Å². The molecule has 0 amide bonds. The van der Waals surface area contributed by atoms with Crippen molar-refractivity contribution in [2.45, 2.75) is 0 Å². The number of oxazole rings is 1. The normalized spacial score (nSPS) is 17.0. The number of hydrogen-bond donors (Lipinski definition) is 0. The van der Waals surface area contributed by atoms with E-state index in [1.807, 2.05) is 11.0 Å². The summed E-state index contributed by atoms with van der Waals surface area (Å²) in [6, 6.07) is 1.99. The van der Waals surface area contributed by atoms with Gasteiger partial charge < -0.3 is 14.1 Å². The van der Waals surface area contributed by atoms with Gasteiger partial charge in [-0.25, -0.2) is 4.98 Å². The second kappa shape index (κ2) is 3.46. The number of nitriles is 1. The van der Waals surface area contributed by atoms with E-state index in [9.17, 15) is 0 Å². The lowest BCUT2D eigenvalue weighted by Crippen LogP contribution is -2.36. The quantitative estimate of drug-likeness (QED) is 0.623. The first-order chi connectivity index (χ1) is 6.42. The standard InChI is InChI=1S/C8H9N3O2/c9-5-7-8(13-6-10-7)11-1-3-12-4-2-11/h6H,1-4H2. The third-order valence-electron chi connectivity index (χ3n) is 1.95. The van der Waals surface area contributed by atoms with Crippen molar-refractivity contribution in [3.63, 3.8) is 0 Å². The summed E-state index contributed by atoms with van der Waals surface area (Å²) in [6.07, 6.45) is 1.29. The number of nitrogens with zero attached hydrogens (tertiary/aromatic N) is 3. The molecule has 13 heavy (non-hydrogen) atoms. The molecule has 0 atom stereocenters. The van der Waals surface area contributed by atoms with E-state index in [0.717, 1.165) is 13.1 Å². The molecule has 1 aliphatic rings. The summed E-state index contributed by atoms with van der Waals surface area (Å²) in [5, 5.41) is 8.71. The molecule has 1 aliphatic heterocycles. The van der Waals surface area contributed by atoms with Crippen LogP contribution in [0.1, 0.15) is 5.69 Å². The van der Waals surface area contributed by atoms with E-state index in [2.05, 4.69) is 4.98 Å². The SMILES string of the molecule is N#Cc1ncoc1N1CCOCC1. The van der Waals surface area contributed by atoms with Crippen LogP contribution in [0.25, 0.3) is 0 Å². The van der Waals surface area contributed by atoms with Gasteiger partial charge in [0.05, 0.1) is 13.2 Å². The minimum absolute atomic E-state index is 0.349. The van der Waals surface area contributed by atoms with Crippen molar-refractivity contribution in [3.8, 4) is 6.07 Å². The van der Waals surface area contributed by atoms with Crippen LogP contribution in [0.5, 0.6) is 0 Å². The maximum atomic E-state index is 8.71. The number of ether oxygens (including phenoxy) is 1. The van der Waals surface area contributed by atoms with E-state index in [0.29, 0.717) is 24.8 Å². The molecule has 0 saturated carbocycles.